The number of ether oxygens (including phenoxy) is 1. The lowest BCUT2D eigenvalue weighted by Gasteiger charge is -2.35. The standard InChI is InChI=1S/C23H21N5O6S2/c1-34-20-8-6-17(14-16(20)5-7-18-4-2-3-9-25-18)22(29)26-10-12-27(13-11-26)23-19(28(30)31)15-21(35-23)36(24,32)33/h2-4,6,8-9,14-15H,10-13H2,1H3,(H2,24,32,33). The van der Waals surface area contributed by atoms with Crippen LogP contribution >= 0.6 is 11.3 Å². The number of methoxy groups -OCH3 is 1. The molecule has 36 heavy (non-hydrogen) atoms. The van der Waals surface area contributed by atoms with Crippen LogP contribution in [0.3, 0.4) is 0 Å². The van der Waals surface area contributed by atoms with E-state index in [-0.39, 0.29) is 20.8 Å². The zero-order valence-electron chi connectivity index (χ0n) is 19.1. The average Bonchev–Trinajstić information content (AvgIpc) is 3.34. The summed E-state index contributed by atoms with van der Waals surface area (Å²) in [5.74, 6) is 6.26. The van der Waals surface area contributed by atoms with E-state index in [9.17, 15) is 23.3 Å². The lowest BCUT2D eigenvalue weighted by Crippen LogP contribution is -2.48. The van der Waals surface area contributed by atoms with Crippen LogP contribution in [0.15, 0.2) is 52.9 Å². The van der Waals surface area contributed by atoms with Crippen LogP contribution in [0, 0.1) is 22.0 Å². The van der Waals surface area contributed by atoms with Gasteiger partial charge in [-0.2, -0.15) is 0 Å². The Hall–Kier alpha value is -3.99. The molecule has 4 rings (SSSR count). The van der Waals surface area contributed by atoms with Gasteiger partial charge in [0.05, 0.1) is 17.6 Å². The zero-order valence-corrected chi connectivity index (χ0v) is 20.7. The van der Waals surface area contributed by atoms with Gasteiger partial charge in [-0.05, 0) is 36.3 Å². The second kappa shape index (κ2) is 10.3. The van der Waals surface area contributed by atoms with Crippen LogP contribution in [0.4, 0.5) is 10.7 Å². The summed E-state index contributed by atoms with van der Waals surface area (Å²) in [6.45, 7) is 1.17. The second-order valence-corrected chi connectivity index (χ2v) is 10.5. The third kappa shape index (κ3) is 5.46. The van der Waals surface area contributed by atoms with E-state index in [1.165, 1.54) is 7.11 Å². The molecule has 186 valence electrons. The summed E-state index contributed by atoms with van der Waals surface area (Å²) in [6.07, 6.45) is 1.64. The molecule has 1 saturated heterocycles. The third-order valence-electron chi connectivity index (χ3n) is 5.44. The van der Waals surface area contributed by atoms with Gasteiger partial charge in [-0.3, -0.25) is 14.9 Å². The Balaban J connectivity index is 1.51. The Morgan fingerprint density at radius 2 is 1.92 bits per heavy atom. The van der Waals surface area contributed by atoms with E-state index >= 15 is 0 Å². The molecule has 0 saturated carbocycles. The first-order valence-corrected chi connectivity index (χ1v) is 13.0. The van der Waals surface area contributed by atoms with Gasteiger partial charge in [0.2, 0.25) is 10.0 Å². The van der Waals surface area contributed by atoms with Crippen LogP contribution in [0.25, 0.3) is 0 Å². The van der Waals surface area contributed by atoms with Gasteiger partial charge in [0.25, 0.3) is 5.91 Å². The topological polar surface area (TPSA) is 149 Å². The van der Waals surface area contributed by atoms with Gasteiger partial charge < -0.3 is 14.5 Å². The van der Waals surface area contributed by atoms with Crippen molar-refractivity contribution in [1.82, 2.24) is 9.88 Å². The third-order valence-corrected chi connectivity index (χ3v) is 8.04. The molecule has 1 fully saturated rings. The van der Waals surface area contributed by atoms with E-state index in [2.05, 4.69) is 16.8 Å². The highest BCUT2D eigenvalue weighted by atomic mass is 32.2. The van der Waals surface area contributed by atoms with Gasteiger partial charge in [-0.25, -0.2) is 18.5 Å². The molecule has 0 unspecified atom stereocenters. The number of piperazine rings is 1. The first-order valence-electron chi connectivity index (χ1n) is 10.6. The predicted octanol–water partition coefficient (Wildman–Crippen LogP) is 2.07. The molecule has 0 radical (unpaired) electrons. The summed E-state index contributed by atoms with van der Waals surface area (Å²) >= 11 is 0.751. The van der Waals surface area contributed by atoms with Gasteiger partial charge in [-0.15, -0.1) is 0 Å². The summed E-state index contributed by atoms with van der Waals surface area (Å²) in [7, 11) is -2.55. The van der Waals surface area contributed by atoms with Crippen LogP contribution in [0.5, 0.6) is 5.75 Å². The minimum Gasteiger partial charge on any atom is -0.495 e. The van der Waals surface area contributed by atoms with Crippen LogP contribution in [-0.4, -0.2) is 62.4 Å². The SMILES string of the molecule is COc1ccc(C(=O)N2CCN(c3sc(S(N)(=O)=O)cc3[N+](=O)[O-])CC2)cc1C#Cc1ccccn1. The molecule has 0 atom stereocenters. The smallest absolute Gasteiger partial charge is 0.305 e. The van der Waals surface area contributed by atoms with Crippen molar-refractivity contribution in [1.29, 1.82) is 0 Å². The van der Waals surface area contributed by atoms with Crippen LogP contribution < -0.4 is 14.8 Å². The molecule has 2 N–H and O–H groups in total. The second-order valence-electron chi connectivity index (χ2n) is 7.72. The maximum Gasteiger partial charge on any atom is 0.305 e. The highest BCUT2D eigenvalue weighted by molar-refractivity contribution is 7.91. The van der Waals surface area contributed by atoms with E-state index < -0.39 is 14.9 Å². The van der Waals surface area contributed by atoms with Crippen molar-refractivity contribution in [3.63, 3.8) is 0 Å². The van der Waals surface area contributed by atoms with Crippen molar-refractivity contribution in [2.24, 2.45) is 5.14 Å². The van der Waals surface area contributed by atoms with Crippen molar-refractivity contribution in [2.45, 2.75) is 4.21 Å². The molecular formula is C23H21N5O6S2. The molecule has 1 amide bonds. The van der Waals surface area contributed by atoms with Gasteiger partial charge in [0, 0.05) is 44.0 Å². The van der Waals surface area contributed by atoms with Gasteiger partial charge in [0.1, 0.15) is 15.7 Å². The fourth-order valence-corrected chi connectivity index (χ4v) is 5.54. The molecular weight excluding hydrogens is 506 g/mol. The van der Waals surface area contributed by atoms with Crippen LogP contribution in [0.1, 0.15) is 21.6 Å². The molecule has 2 aromatic heterocycles. The number of carbonyl (C=O) groups is 1. The Morgan fingerprint density at radius 1 is 1.17 bits per heavy atom. The maximum absolute atomic E-state index is 13.2. The summed E-state index contributed by atoms with van der Waals surface area (Å²) in [5.41, 5.74) is 1.22. The highest BCUT2D eigenvalue weighted by Gasteiger charge is 2.31. The Morgan fingerprint density at radius 3 is 2.53 bits per heavy atom. The number of anilines is 1. The first-order chi connectivity index (χ1) is 17.2. The average molecular weight is 528 g/mol. The van der Waals surface area contributed by atoms with E-state index in [0.717, 1.165) is 17.4 Å². The predicted molar refractivity (Wildman–Crippen MR) is 134 cm³/mol. The van der Waals surface area contributed by atoms with E-state index in [1.54, 1.807) is 46.3 Å². The number of nitrogens with zero attached hydrogens (tertiary/aromatic N) is 4. The highest BCUT2D eigenvalue weighted by Crippen LogP contribution is 2.39. The summed E-state index contributed by atoms with van der Waals surface area (Å²) in [4.78, 5) is 31.5. The Bertz CT molecular complexity index is 1470. The largest absolute Gasteiger partial charge is 0.495 e. The number of nitro groups is 1. The van der Waals surface area contributed by atoms with Crippen molar-refractivity contribution >= 4 is 38.0 Å². The summed E-state index contributed by atoms with van der Waals surface area (Å²) in [5, 5.41) is 16.8. The summed E-state index contributed by atoms with van der Waals surface area (Å²) < 4.78 is 28.4. The monoisotopic (exact) mass is 527 g/mol. The number of primary sulfonamides is 1. The van der Waals surface area contributed by atoms with E-state index in [4.69, 9.17) is 9.88 Å². The normalized spacial score (nSPS) is 13.6. The van der Waals surface area contributed by atoms with Crippen LogP contribution in [-0.2, 0) is 10.0 Å². The van der Waals surface area contributed by atoms with E-state index in [1.807, 2.05) is 6.07 Å². The quantitative estimate of drug-likeness (QED) is 0.301. The van der Waals surface area contributed by atoms with Crippen molar-refractivity contribution in [3.05, 3.63) is 75.6 Å². The fourth-order valence-electron chi connectivity index (χ4n) is 3.65. The zero-order chi connectivity index (χ0) is 25.9. The number of nitrogens with two attached hydrogens (primary N) is 1. The van der Waals surface area contributed by atoms with Gasteiger partial charge >= 0.3 is 5.69 Å². The molecule has 3 heterocycles. The van der Waals surface area contributed by atoms with Crippen molar-refractivity contribution in [3.8, 4) is 17.6 Å². The molecule has 1 aliphatic heterocycles. The molecule has 0 aliphatic carbocycles. The molecule has 0 spiro atoms. The lowest BCUT2D eigenvalue weighted by atomic mass is 10.1. The number of aromatic nitrogens is 1. The molecule has 1 aliphatic rings. The Kier molecular flexibility index (Phi) is 7.20. The minimum absolute atomic E-state index is 0.202. The number of pyridine rings is 1. The number of amides is 1. The molecule has 1 aromatic carbocycles. The van der Waals surface area contributed by atoms with Gasteiger partial charge in [-0.1, -0.05) is 23.3 Å². The number of sulfonamides is 1. The Labute approximate surface area is 211 Å². The van der Waals surface area contributed by atoms with Crippen molar-refractivity contribution in [2.75, 3.05) is 38.2 Å². The first kappa shape index (κ1) is 25.1. The number of benzene rings is 1. The number of hydrogen-bond donors (Lipinski definition) is 1. The minimum atomic E-state index is -4.07. The number of thiophene rings is 1. The molecule has 13 heteroatoms. The number of rotatable bonds is 5. The fraction of sp³-hybridized carbons (Fsp3) is 0.217. The van der Waals surface area contributed by atoms with Gasteiger partial charge in [0.15, 0.2) is 5.00 Å². The molecule has 3 aromatic rings. The maximum atomic E-state index is 13.2. The lowest BCUT2D eigenvalue weighted by molar-refractivity contribution is -0.383. The molecule has 11 nitrogen and oxygen atoms in total. The van der Waals surface area contributed by atoms with Crippen molar-refractivity contribution < 1.29 is 22.9 Å². The summed E-state index contributed by atoms with van der Waals surface area (Å²) in [6, 6.07) is 11.4. The molecule has 0 bridgehead atoms. The van der Waals surface area contributed by atoms with E-state index in [0.29, 0.717) is 48.7 Å². The van der Waals surface area contributed by atoms with Crippen LogP contribution in [0.2, 0.25) is 0 Å². The number of carbonyl (C=O) groups excluding carboxylic acids is 1. The number of hydrogen-bond acceptors (Lipinski definition) is 9.